The Kier molecular flexibility index (Phi) is 5.14. The maximum absolute atomic E-state index is 12.3. The molecule has 0 radical (unpaired) electrons. The molecule has 1 aliphatic carbocycles. The first kappa shape index (κ1) is 17.3. The van der Waals surface area contributed by atoms with Crippen LogP contribution in [0.5, 0.6) is 5.88 Å². The van der Waals surface area contributed by atoms with Crippen LogP contribution >= 0.6 is 0 Å². The summed E-state index contributed by atoms with van der Waals surface area (Å²) in [6.07, 6.45) is 9.70. The maximum atomic E-state index is 12.3. The first-order valence-corrected chi connectivity index (χ1v) is 9.17. The van der Waals surface area contributed by atoms with E-state index in [2.05, 4.69) is 15.3 Å². The molecule has 0 bridgehead atoms. The molecule has 4 rings (SSSR count). The van der Waals surface area contributed by atoms with Gasteiger partial charge in [0.25, 0.3) is 5.91 Å². The maximum Gasteiger partial charge on any atom is 0.251 e. The lowest BCUT2D eigenvalue weighted by Crippen LogP contribution is -2.22. The molecule has 1 saturated carbocycles. The fourth-order valence-electron chi connectivity index (χ4n) is 2.73. The van der Waals surface area contributed by atoms with Crippen LogP contribution in [-0.4, -0.2) is 27.0 Å². The van der Waals surface area contributed by atoms with Crippen molar-refractivity contribution >= 4 is 5.91 Å². The lowest BCUT2D eigenvalue weighted by Gasteiger charge is -2.08. The van der Waals surface area contributed by atoms with E-state index in [0.29, 0.717) is 23.9 Å². The second kappa shape index (κ2) is 8.03. The Morgan fingerprint density at radius 3 is 2.63 bits per heavy atom. The number of carbonyl (C=O) groups is 1. The van der Waals surface area contributed by atoms with E-state index in [1.165, 1.54) is 12.8 Å². The molecule has 0 spiro atoms. The molecule has 3 aromatic rings. The highest BCUT2D eigenvalue weighted by Gasteiger charge is 2.22. The van der Waals surface area contributed by atoms with Crippen molar-refractivity contribution in [3.8, 4) is 5.88 Å². The number of hydrogen-bond donors (Lipinski definition) is 1. The average Bonchev–Trinajstić information content (AvgIpc) is 3.40. The minimum Gasteiger partial charge on any atom is -0.477 e. The first-order chi connectivity index (χ1) is 13.3. The predicted molar refractivity (Wildman–Crippen MR) is 101 cm³/mol. The Labute approximate surface area is 158 Å². The van der Waals surface area contributed by atoms with Crippen molar-refractivity contribution in [1.29, 1.82) is 0 Å². The molecule has 0 saturated heterocycles. The molecule has 0 atom stereocenters. The second-order valence-electron chi connectivity index (χ2n) is 6.87. The lowest BCUT2D eigenvalue weighted by molar-refractivity contribution is 0.0951. The van der Waals surface area contributed by atoms with E-state index in [9.17, 15) is 4.79 Å². The fraction of sp³-hybridized carbons (Fsp3) is 0.286. The molecule has 0 unspecified atom stereocenters. The van der Waals surface area contributed by atoms with Gasteiger partial charge >= 0.3 is 0 Å². The third-order valence-corrected chi connectivity index (χ3v) is 4.55. The van der Waals surface area contributed by atoms with Crippen molar-refractivity contribution in [3.63, 3.8) is 0 Å². The van der Waals surface area contributed by atoms with Crippen LogP contribution in [0.15, 0.2) is 61.3 Å². The van der Waals surface area contributed by atoms with Crippen LogP contribution < -0.4 is 10.1 Å². The summed E-state index contributed by atoms with van der Waals surface area (Å²) in [5.41, 5.74) is 2.70. The summed E-state index contributed by atoms with van der Waals surface area (Å²) in [4.78, 5) is 20.7. The third kappa shape index (κ3) is 4.94. The quantitative estimate of drug-likeness (QED) is 0.669. The SMILES string of the molecule is O=C(NCc1ccc(OCC2CC2)nc1)c1ccc(Cn2ccnc2)cc1. The number of pyridine rings is 1. The number of rotatable bonds is 8. The summed E-state index contributed by atoms with van der Waals surface area (Å²) in [7, 11) is 0. The van der Waals surface area contributed by atoms with Gasteiger partial charge in [0.1, 0.15) is 0 Å². The molecule has 6 nitrogen and oxygen atoms in total. The van der Waals surface area contributed by atoms with Crippen LogP contribution in [-0.2, 0) is 13.1 Å². The molecule has 1 N–H and O–H groups in total. The first-order valence-electron chi connectivity index (χ1n) is 9.17. The van der Waals surface area contributed by atoms with Gasteiger partial charge in [-0.05, 0) is 42.0 Å². The highest BCUT2D eigenvalue weighted by molar-refractivity contribution is 5.94. The van der Waals surface area contributed by atoms with Gasteiger partial charge < -0.3 is 14.6 Å². The number of nitrogens with zero attached hydrogens (tertiary/aromatic N) is 3. The van der Waals surface area contributed by atoms with Crippen LogP contribution in [0.2, 0.25) is 0 Å². The lowest BCUT2D eigenvalue weighted by atomic mass is 10.1. The topological polar surface area (TPSA) is 69.0 Å². The van der Waals surface area contributed by atoms with E-state index in [-0.39, 0.29) is 5.91 Å². The Morgan fingerprint density at radius 2 is 1.96 bits per heavy atom. The molecule has 1 fully saturated rings. The fourth-order valence-corrected chi connectivity index (χ4v) is 2.73. The van der Waals surface area contributed by atoms with Gasteiger partial charge in [-0.3, -0.25) is 4.79 Å². The standard InChI is InChI=1S/C21H22N4O2/c26-21(19-6-3-16(4-7-19)13-25-10-9-22-15-25)24-12-18-5-8-20(23-11-18)27-14-17-1-2-17/h3-11,15,17H,1-2,12-14H2,(H,24,26). The zero-order valence-electron chi connectivity index (χ0n) is 15.0. The second-order valence-corrected chi connectivity index (χ2v) is 6.87. The van der Waals surface area contributed by atoms with Gasteiger partial charge in [0.05, 0.1) is 12.9 Å². The number of ether oxygens (including phenoxy) is 1. The summed E-state index contributed by atoms with van der Waals surface area (Å²) < 4.78 is 7.61. The molecule has 138 valence electrons. The van der Waals surface area contributed by atoms with Crippen LogP contribution in [0, 0.1) is 5.92 Å². The number of aromatic nitrogens is 3. The number of amides is 1. The van der Waals surface area contributed by atoms with Crippen molar-refractivity contribution in [2.24, 2.45) is 5.92 Å². The van der Waals surface area contributed by atoms with Crippen LogP contribution in [0.4, 0.5) is 0 Å². The highest BCUT2D eigenvalue weighted by Crippen LogP contribution is 2.29. The zero-order chi connectivity index (χ0) is 18.5. The third-order valence-electron chi connectivity index (χ3n) is 4.55. The molecule has 27 heavy (non-hydrogen) atoms. The van der Waals surface area contributed by atoms with E-state index in [1.54, 1.807) is 18.7 Å². The molecular weight excluding hydrogens is 340 g/mol. The largest absolute Gasteiger partial charge is 0.477 e. The highest BCUT2D eigenvalue weighted by atomic mass is 16.5. The zero-order valence-corrected chi connectivity index (χ0v) is 15.0. The van der Waals surface area contributed by atoms with Gasteiger partial charge in [0.15, 0.2) is 0 Å². The summed E-state index contributed by atoms with van der Waals surface area (Å²) in [5, 5.41) is 2.93. The summed E-state index contributed by atoms with van der Waals surface area (Å²) in [6.45, 7) is 1.92. The number of carbonyl (C=O) groups excluding carboxylic acids is 1. The minimum atomic E-state index is -0.0989. The van der Waals surface area contributed by atoms with Crippen molar-refractivity contribution in [2.75, 3.05) is 6.61 Å². The van der Waals surface area contributed by atoms with Crippen LogP contribution in [0.3, 0.4) is 0 Å². The molecule has 6 heteroatoms. The van der Waals surface area contributed by atoms with Crippen molar-refractivity contribution < 1.29 is 9.53 Å². The molecule has 2 heterocycles. The average molecular weight is 362 g/mol. The van der Waals surface area contributed by atoms with Gasteiger partial charge in [-0.25, -0.2) is 9.97 Å². The predicted octanol–water partition coefficient (Wildman–Crippen LogP) is 3.05. The Bertz CT molecular complexity index is 870. The molecule has 1 aromatic carbocycles. The van der Waals surface area contributed by atoms with Crippen LogP contribution in [0.1, 0.15) is 34.3 Å². The Morgan fingerprint density at radius 1 is 1.15 bits per heavy atom. The summed E-state index contributed by atoms with van der Waals surface area (Å²) in [5.74, 6) is 1.25. The minimum absolute atomic E-state index is 0.0989. The van der Waals surface area contributed by atoms with Crippen molar-refractivity contribution in [2.45, 2.75) is 25.9 Å². The summed E-state index contributed by atoms with van der Waals surface area (Å²) >= 11 is 0. The van der Waals surface area contributed by atoms with E-state index in [4.69, 9.17) is 4.74 Å². The molecule has 2 aromatic heterocycles. The van der Waals surface area contributed by atoms with Crippen LogP contribution in [0.25, 0.3) is 0 Å². The molecular formula is C21H22N4O2. The van der Waals surface area contributed by atoms with Gasteiger partial charge in [-0.15, -0.1) is 0 Å². The number of hydrogen-bond acceptors (Lipinski definition) is 4. The van der Waals surface area contributed by atoms with Gasteiger partial charge in [-0.1, -0.05) is 18.2 Å². The van der Waals surface area contributed by atoms with E-state index in [0.717, 1.165) is 24.3 Å². The normalized spacial score (nSPS) is 13.3. The van der Waals surface area contributed by atoms with Gasteiger partial charge in [0.2, 0.25) is 5.88 Å². The van der Waals surface area contributed by atoms with E-state index in [1.807, 2.05) is 47.2 Å². The number of nitrogens with one attached hydrogen (secondary N) is 1. The molecule has 1 amide bonds. The Hall–Kier alpha value is -3.15. The molecule has 1 aliphatic rings. The van der Waals surface area contributed by atoms with Crippen molar-refractivity contribution in [3.05, 3.63) is 78.0 Å². The number of imidazole rings is 1. The monoisotopic (exact) mass is 362 g/mol. The van der Waals surface area contributed by atoms with E-state index >= 15 is 0 Å². The summed E-state index contributed by atoms with van der Waals surface area (Å²) in [6, 6.07) is 11.4. The van der Waals surface area contributed by atoms with Gasteiger partial charge in [-0.2, -0.15) is 0 Å². The molecule has 0 aliphatic heterocycles. The smallest absolute Gasteiger partial charge is 0.251 e. The number of benzene rings is 1. The van der Waals surface area contributed by atoms with E-state index < -0.39 is 0 Å². The van der Waals surface area contributed by atoms with Crippen molar-refractivity contribution in [1.82, 2.24) is 19.9 Å². The van der Waals surface area contributed by atoms with Gasteiger partial charge in [0, 0.05) is 43.3 Å². The Balaban J connectivity index is 1.27.